The highest BCUT2D eigenvalue weighted by molar-refractivity contribution is 9.11. The standard InChI is InChI=1S/C17H9Br2ClF4N4O4/c18-8-3-6(28(30)31)4-9(19)12(8)25-17(29)10-2-1-7(32-10)5-27-14(16(23)24)11(20)13(26-27)15(21)22/h1-4,15-16H,5H2,(H,25,29). The number of carbonyl (C=O) groups is 1. The van der Waals surface area contributed by atoms with Gasteiger partial charge in [0.2, 0.25) is 0 Å². The number of amides is 1. The molecule has 0 bridgehead atoms. The van der Waals surface area contributed by atoms with Crippen molar-refractivity contribution < 1.29 is 31.7 Å². The molecule has 0 fully saturated rings. The molecule has 1 N–H and O–H groups in total. The summed E-state index contributed by atoms with van der Waals surface area (Å²) in [6.07, 6.45) is -6.32. The van der Waals surface area contributed by atoms with Crippen LogP contribution >= 0.6 is 43.5 Å². The molecular formula is C17H9Br2ClF4N4O4. The Bertz CT molecular complexity index is 1180. The number of non-ortho nitro benzene ring substituents is 1. The van der Waals surface area contributed by atoms with Crippen LogP contribution < -0.4 is 5.32 Å². The zero-order valence-corrected chi connectivity index (χ0v) is 19.2. The number of furan rings is 1. The van der Waals surface area contributed by atoms with Crippen LogP contribution in [0.15, 0.2) is 37.6 Å². The molecule has 0 aliphatic heterocycles. The van der Waals surface area contributed by atoms with Gasteiger partial charge in [0.15, 0.2) is 5.76 Å². The fourth-order valence-corrected chi connectivity index (χ4v) is 4.29. The van der Waals surface area contributed by atoms with Crippen molar-refractivity contribution in [2.24, 2.45) is 0 Å². The number of nitro groups is 1. The van der Waals surface area contributed by atoms with E-state index < -0.39 is 46.6 Å². The van der Waals surface area contributed by atoms with Gasteiger partial charge in [-0.15, -0.1) is 0 Å². The highest BCUT2D eigenvalue weighted by Gasteiger charge is 2.28. The maximum absolute atomic E-state index is 13.3. The van der Waals surface area contributed by atoms with Crippen LogP contribution in [-0.2, 0) is 6.54 Å². The molecule has 0 spiro atoms. The van der Waals surface area contributed by atoms with Gasteiger partial charge in [-0.2, -0.15) is 5.10 Å². The third-order valence-corrected chi connectivity index (χ3v) is 5.68. The van der Waals surface area contributed by atoms with E-state index in [0.717, 1.165) is 0 Å². The summed E-state index contributed by atoms with van der Waals surface area (Å²) in [5.41, 5.74) is -1.93. The fraction of sp³-hybridized carbons (Fsp3) is 0.176. The number of aromatic nitrogens is 2. The van der Waals surface area contributed by atoms with Gasteiger partial charge in [0.1, 0.15) is 17.1 Å². The van der Waals surface area contributed by atoms with E-state index in [2.05, 4.69) is 42.3 Å². The molecule has 0 radical (unpaired) electrons. The quantitative estimate of drug-likeness (QED) is 0.183. The second-order valence-electron chi connectivity index (χ2n) is 6.11. The predicted octanol–water partition coefficient (Wildman–Crippen LogP) is 6.74. The Hall–Kier alpha value is -2.45. The molecule has 3 aromatic rings. The molecule has 0 saturated carbocycles. The Balaban J connectivity index is 1.82. The lowest BCUT2D eigenvalue weighted by atomic mass is 10.2. The Morgan fingerprint density at radius 2 is 1.84 bits per heavy atom. The van der Waals surface area contributed by atoms with Crippen LogP contribution in [0.2, 0.25) is 5.02 Å². The van der Waals surface area contributed by atoms with E-state index in [0.29, 0.717) is 4.68 Å². The van der Waals surface area contributed by atoms with E-state index in [1.54, 1.807) is 0 Å². The molecule has 2 heterocycles. The van der Waals surface area contributed by atoms with Crippen LogP contribution in [0, 0.1) is 10.1 Å². The summed E-state index contributed by atoms with van der Waals surface area (Å²) in [6.45, 7) is -0.482. The monoisotopic (exact) mass is 602 g/mol. The van der Waals surface area contributed by atoms with Crippen LogP contribution in [0.1, 0.15) is 40.6 Å². The van der Waals surface area contributed by atoms with Crippen molar-refractivity contribution in [1.29, 1.82) is 0 Å². The number of hydrogen-bond donors (Lipinski definition) is 1. The summed E-state index contributed by atoms with van der Waals surface area (Å²) in [7, 11) is 0. The van der Waals surface area contributed by atoms with E-state index in [9.17, 15) is 32.5 Å². The number of rotatable bonds is 7. The molecule has 8 nitrogen and oxygen atoms in total. The van der Waals surface area contributed by atoms with E-state index in [-0.39, 0.29) is 31.8 Å². The summed E-state index contributed by atoms with van der Waals surface area (Å²) >= 11 is 11.8. The van der Waals surface area contributed by atoms with Crippen molar-refractivity contribution in [2.75, 3.05) is 5.32 Å². The van der Waals surface area contributed by atoms with Crippen molar-refractivity contribution in [3.8, 4) is 0 Å². The molecule has 15 heteroatoms. The lowest BCUT2D eigenvalue weighted by molar-refractivity contribution is -0.385. The molecule has 32 heavy (non-hydrogen) atoms. The van der Waals surface area contributed by atoms with Gasteiger partial charge in [-0.05, 0) is 44.0 Å². The molecule has 0 unspecified atom stereocenters. The smallest absolute Gasteiger partial charge is 0.291 e. The Kier molecular flexibility index (Phi) is 7.25. The molecule has 0 aliphatic carbocycles. The number of nitro benzene ring substituents is 1. The van der Waals surface area contributed by atoms with Gasteiger partial charge in [-0.3, -0.25) is 19.6 Å². The molecule has 1 amide bonds. The van der Waals surface area contributed by atoms with Gasteiger partial charge in [-0.1, -0.05) is 11.6 Å². The van der Waals surface area contributed by atoms with Crippen molar-refractivity contribution in [2.45, 2.75) is 19.4 Å². The van der Waals surface area contributed by atoms with Crippen LogP contribution in [0.3, 0.4) is 0 Å². The normalized spacial score (nSPS) is 11.4. The summed E-state index contributed by atoms with van der Waals surface area (Å²) in [4.78, 5) is 22.8. The van der Waals surface area contributed by atoms with E-state index in [1.807, 2.05) is 0 Å². The Labute approximate surface area is 197 Å². The largest absolute Gasteiger partial charge is 0.454 e. The summed E-state index contributed by atoms with van der Waals surface area (Å²) in [5, 5.41) is 16.0. The summed E-state index contributed by atoms with van der Waals surface area (Å²) in [5.74, 6) is -1.02. The van der Waals surface area contributed by atoms with Crippen molar-refractivity contribution in [3.63, 3.8) is 0 Å². The lowest BCUT2D eigenvalue weighted by Gasteiger charge is -2.08. The van der Waals surface area contributed by atoms with Crippen molar-refractivity contribution >= 4 is 60.7 Å². The topological polar surface area (TPSA) is 103 Å². The predicted molar refractivity (Wildman–Crippen MR) is 111 cm³/mol. The SMILES string of the molecule is O=C(Nc1c(Br)cc([N+](=O)[O-])cc1Br)c1ccc(Cn2nc(C(F)F)c(Cl)c2C(F)F)o1. The van der Waals surface area contributed by atoms with Crippen LogP contribution in [0.5, 0.6) is 0 Å². The van der Waals surface area contributed by atoms with E-state index in [4.69, 9.17) is 16.0 Å². The van der Waals surface area contributed by atoms with Gasteiger partial charge >= 0.3 is 0 Å². The number of nitrogens with zero attached hydrogens (tertiary/aromatic N) is 3. The van der Waals surface area contributed by atoms with Gasteiger partial charge in [-0.25, -0.2) is 17.6 Å². The molecule has 0 aliphatic rings. The van der Waals surface area contributed by atoms with Crippen LogP contribution in [0.25, 0.3) is 0 Å². The van der Waals surface area contributed by atoms with Crippen LogP contribution in [0.4, 0.5) is 28.9 Å². The first-order chi connectivity index (χ1) is 15.0. The van der Waals surface area contributed by atoms with E-state index >= 15 is 0 Å². The molecule has 170 valence electrons. The molecule has 2 aromatic heterocycles. The minimum absolute atomic E-state index is 0.0288. The minimum atomic E-state index is -3.17. The molecule has 0 atom stereocenters. The zero-order valence-electron chi connectivity index (χ0n) is 15.3. The van der Waals surface area contributed by atoms with Crippen LogP contribution in [-0.4, -0.2) is 20.6 Å². The van der Waals surface area contributed by atoms with Gasteiger partial charge in [0.05, 0.1) is 22.2 Å². The third kappa shape index (κ3) is 4.96. The molecule has 0 saturated heterocycles. The highest BCUT2D eigenvalue weighted by atomic mass is 79.9. The first-order valence-corrected chi connectivity index (χ1v) is 10.3. The molecule has 3 rings (SSSR count). The zero-order chi connectivity index (χ0) is 23.7. The van der Waals surface area contributed by atoms with Gasteiger partial charge in [0, 0.05) is 21.1 Å². The van der Waals surface area contributed by atoms with Crippen molar-refractivity contribution in [1.82, 2.24) is 9.78 Å². The number of alkyl halides is 4. The van der Waals surface area contributed by atoms with E-state index in [1.165, 1.54) is 24.3 Å². The maximum atomic E-state index is 13.3. The number of benzene rings is 1. The first kappa shape index (κ1) is 24.2. The third-order valence-electron chi connectivity index (χ3n) is 4.04. The molecule has 1 aromatic carbocycles. The number of halogens is 7. The Morgan fingerprint density at radius 3 is 2.38 bits per heavy atom. The average Bonchev–Trinajstić information content (AvgIpc) is 3.29. The van der Waals surface area contributed by atoms with Gasteiger partial charge < -0.3 is 9.73 Å². The fourth-order valence-electron chi connectivity index (χ4n) is 2.63. The number of nitrogens with one attached hydrogen (secondary N) is 1. The van der Waals surface area contributed by atoms with Gasteiger partial charge in [0.25, 0.3) is 24.4 Å². The lowest BCUT2D eigenvalue weighted by Crippen LogP contribution is -2.12. The maximum Gasteiger partial charge on any atom is 0.291 e. The van der Waals surface area contributed by atoms with Crippen molar-refractivity contribution in [3.05, 3.63) is 71.3 Å². The average molecular weight is 605 g/mol. The summed E-state index contributed by atoms with van der Waals surface area (Å²) in [6, 6.07) is 4.88. The number of anilines is 1. The highest BCUT2D eigenvalue weighted by Crippen LogP contribution is 2.36. The number of hydrogen-bond acceptors (Lipinski definition) is 5. The molecular weight excluding hydrogens is 595 g/mol. The summed E-state index contributed by atoms with van der Waals surface area (Å²) < 4.78 is 58.7. The Morgan fingerprint density at radius 1 is 1.22 bits per heavy atom. The second-order valence-corrected chi connectivity index (χ2v) is 8.19. The number of carbonyl (C=O) groups excluding carboxylic acids is 1. The second kappa shape index (κ2) is 9.58. The first-order valence-electron chi connectivity index (χ1n) is 8.35. The minimum Gasteiger partial charge on any atom is -0.454 e.